The van der Waals surface area contributed by atoms with Crippen molar-refractivity contribution in [1.29, 1.82) is 0 Å². The summed E-state index contributed by atoms with van der Waals surface area (Å²) in [6, 6.07) is 13.7. The van der Waals surface area contributed by atoms with Gasteiger partial charge in [-0.15, -0.1) is 0 Å². The van der Waals surface area contributed by atoms with Crippen LogP contribution in [0.15, 0.2) is 53.1 Å². The van der Waals surface area contributed by atoms with E-state index >= 15 is 0 Å². The van der Waals surface area contributed by atoms with E-state index in [1.165, 1.54) is 13.2 Å². The van der Waals surface area contributed by atoms with E-state index in [1.807, 2.05) is 19.1 Å². The quantitative estimate of drug-likeness (QED) is 0.659. The highest BCUT2D eigenvalue weighted by Crippen LogP contribution is 2.33. The zero-order valence-electron chi connectivity index (χ0n) is 15.6. The molecule has 28 heavy (non-hydrogen) atoms. The summed E-state index contributed by atoms with van der Waals surface area (Å²) in [5, 5.41) is 3.76. The number of hydrogen-bond donors (Lipinski definition) is 2. The number of rotatable bonds is 5. The Morgan fingerprint density at radius 3 is 2.43 bits per heavy atom. The highest BCUT2D eigenvalue weighted by atomic mass is 16.5. The van der Waals surface area contributed by atoms with Crippen LogP contribution < -0.4 is 20.3 Å². The molecule has 0 saturated carbocycles. The van der Waals surface area contributed by atoms with Crippen LogP contribution in [-0.2, 0) is 0 Å². The molecule has 0 radical (unpaired) electrons. The number of amides is 2. The molecule has 0 atom stereocenters. The van der Waals surface area contributed by atoms with Crippen LogP contribution >= 0.6 is 0 Å². The van der Waals surface area contributed by atoms with E-state index < -0.39 is 11.8 Å². The normalized spacial score (nSPS) is 10.2. The molecule has 8 nitrogen and oxygen atoms in total. The average Bonchev–Trinajstić information content (AvgIpc) is 3.21. The van der Waals surface area contributed by atoms with Crippen LogP contribution in [0.25, 0.3) is 11.3 Å². The lowest BCUT2D eigenvalue weighted by molar-refractivity contribution is 0.0841. The Morgan fingerprint density at radius 2 is 1.71 bits per heavy atom. The zero-order chi connectivity index (χ0) is 20.1. The molecule has 0 unspecified atom stereocenters. The van der Waals surface area contributed by atoms with E-state index in [-0.39, 0.29) is 5.69 Å². The van der Waals surface area contributed by atoms with Crippen LogP contribution in [0.4, 0.5) is 0 Å². The van der Waals surface area contributed by atoms with Crippen molar-refractivity contribution in [3.8, 4) is 22.8 Å². The van der Waals surface area contributed by atoms with Gasteiger partial charge >= 0.3 is 0 Å². The van der Waals surface area contributed by atoms with Gasteiger partial charge < -0.3 is 14.0 Å². The van der Waals surface area contributed by atoms with Crippen LogP contribution in [0, 0.1) is 6.92 Å². The molecule has 0 aliphatic rings. The van der Waals surface area contributed by atoms with Crippen molar-refractivity contribution >= 4 is 11.8 Å². The number of carbonyl (C=O) groups excluding carboxylic acids is 2. The highest BCUT2D eigenvalue weighted by molar-refractivity contribution is 5.99. The fourth-order valence-corrected chi connectivity index (χ4v) is 2.59. The molecular formula is C20H19N3O5. The third kappa shape index (κ3) is 3.96. The first-order chi connectivity index (χ1) is 13.5. The molecule has 3 aromatic rings. The minimum absolute atomic E-state index is 0.00459. The van der Waals surface area contributed by atoms with Gasteiger partial charge in [-0.05, 0) is 36.8 Å². The summed E-state index contributed by atoms with van der Waals surface area (Å²) < 4.78 is 15.8. The average molecular weight is 381 g/mol. The van der Waals surface area contributed by atoms with Gasteiger partial charge in [0.25, 0.3) is 11.8 Å². The number of benzene rings is 2. The summed E-state index contributed by atoms with van der Waals surface area (Å²) in [6.07, 6.45) is 0. The second-order valence-electron chi connectivity index (χ2n) is 5.87. The number of carbonyl (C=O) groups is 2. The van der Waals surface area contributed by atoms with Crippen molar-refractivity contribution in [1.82, 2.24) is 16.0 Å². The number of aryl methyl sites for hydroxylation is 1. The fraction of sp³-hybridized carbons (Fsp3) is 0.150. The Hall–Kier alpha value is -3.81. The molecular weight excluding hydrogens is 362 g/mol. The maximum absolute atomic E-state index is 12.3. The van der Waals surface area contributed by atoms with Crippen LogP contribution in [0.2, 0.25) is 0 Å². The first-order valence-corrected chi connectivity index (χ1v) is 8.39. The smallest absolute Gasteiger partial charge is 0.291 e. The van der Waals surface area contributed by atoms with Gasteiger partial charge in [0.1, 0.15) is 11.5 Å². The van der Waals surface area contributed by atoms with E-state index in [4.69, 9.17) is 14.0 Å². The standard InChI is InChI=1S/C20H19N3O5/c1-12-6-4-5-7-14(12)19(24)21-22-20(25)16-11-18(28-23-16)15-10-13(26-2)8-9-17(15)27-3/h4-11H,1-3H3,(H,21,24)(H,22,25). The third-order valence-electron chi connectivity index (χ3n) is 4.09. The first-order valence-electron chi connectivity index (χ1n) is 8.39. The van der Waals surface area contributed by atoms with Gasteiger partial charge in [0.2, 0.25) is 0 Å². The SMILES string of the molecule is COc1ccc(OC)c(-c2cc(C(=O)NNC(=O)c3ccccc3C)no2)c1. The van der Waals surface area contributed by atoms with Crippen molar-refractivity contribution in [2.24, 2.45) is 0 Å². The third-order valence-corrected chi connectivity index (χ3v) is 4.09. The summed E-state index contributed by atoms with van der Waals surface area (Å²) in [4.78, 5) is 24.5. The van der Waals surface area contributed by atoms with Crippen molar-refractivity contribution < 1.29 is 23.6 Å². The number of hydrazine groups is 1. The van der Waals surface area contributed by atoms with Crippen LogP contribution in [-0.4, -0.2) is 31.2 Å². The molecule has 2 N–H and O–H groups in total. The van der Waals surface area contributed by atoms with Gasteiger partial charge in [0, 0.05) is 11.6 Å². The zero-order valence-corrected chi connectivity index (χ0v) is 15.6. The molecule has 0 spiro atoms. The topological polar surface area (TPSA) is 103 Å². The van der Waals surface area contributed by atoms with Crippen molar-refractivity contribution in [2.45, 2.75) is 6.92 Å². The monoisotopic (exact) mass is 381 g/mol. The number of hydrogen-bond acceptors (Lipinski definition) is 6. The second kappa shape index (κ2) is 8.26. The van der Waals surface area contributed by atoms with Crippen LogP contribution in [0.3, 0.4) is 0 Å². The summed E-state index contributed by atoms with van der Waals surface area (Å²) >= 11 is 0. The minimum atomic E-state index is -0.612. The first kappa shape index (κ1) is 19.0. The van der Waals surface area contributed by atoms with Gasteiger partial charge in [-0.2, -0.15) is 0 Å². The van der Waals surface area contributed by atoms with Crippen molar-refractivity contribution in [2.75, 3.05) is 14.2 Å². The highest BCUT2D eigenvalue weighted by Gasteiger charge is 2.18. The van der Waals surface area contributed by atoms with Gasteiger partial charge in [0.05, 0.1) is 19.8 Å². The van der Waals surface area contributed by atoms with Crippen LogP contribution in [0.5, 0.6) is 11.5 Å². The predicted molar refractivity (Wildman–Crippen MR) is 101 cm³/mol. The minimum Gasteiger partial charge on any atom is -0.497 e. The molecule has 2 aromatic carbocycles. The molecule has 8 heteroatoms. The Morgan fingerprint density at radius 1 is 0.964 bits per heavy atom. The van der Waals surface area contributed by atoms with Gasteiger partial charge in [-0.3, -0.25) is 20.4 Å². The lowest BCUT2D eigenvalue weighted by Gasteiger charge is -2.08. The predicted octanol–water partition coefficient (Wildman–Crippen LogP) is 2.74. The molecule has 144 valence electrons. The molecule has 3 rings (SSSR count). The second-order valence-corrected chi connectivity index (χ2v) is 5.87. The van der Waals surface area contributed by atoms with Gasteiger partial charge in [-0.1, -0.05) is 23.4 Å². The molecule has 0 aliphatic carbocycles. The number of aromatic nitrogens is 1. The number of methoxy groups -OCH3 is 2. The lowest BCUT2D eigenvalue weighted by Crippen LogP contribution is -2.42. The van der Waals surface area contributed by atoms with Crippen LogP contribution in [0.1, 0.15) is 26.4 Å². The maximum Gasteiger partial charge on any atom is 0.291 e. The maximum atomic E-state index is 12.3. The van der Waals surface area contributed by atoms with E-state index in [0.717, 1.165) is 5.56 Å². The Kier molecular flexibility index (Phi) is 5.59. The number of nitrogens with zero attached hydrogens (tertiary/aromatic N) is 1. The summed E-state index contributed by atoms with van der Waals surface area (Å²) in [5.41, 5.74) is 6.53. The molecule has 1 heterocycles. The Bertz CT molecular complexity index is 1010. The van der Waals surface area contributed by atoms with Gasteiger partial charge in [-0.25, -0.2) is 0 Å². The Balaban J connectivity index is 1.73. The van der Waals surface area contributed by atoms with E-state index in [0.29, 0.717) is 28.4 Å². The largest absolute Gasteiger partial charge is 0.497 e. The van der Waals surface area contributed by atoms with E-state index in [1.54, 1.807) is 37.4 Å². The fourth-order valence-electron chi connectivity index (χ4n) is 2.59. The van der Waals surface area contributed by atoms with E-state index in [9.17, 15) is 9.59 Å². The van der Waals surface area contributed by atoms with Crippen molar-refractivity contribution in [3.05, 3.63) is 65.4 Å². The number of nitrogens with one attached hydrogen (secondary N) is 2. The van der Waals surface area contributed by atoms with Gasteiger partial charge in [0.15, 0.2) is 11.5 Å². The lowest BCUT2D eigenvalue weighted by atomic mass is 10.1. The molecule has 0 fully saturated rings. The Labute approximate surface area is 161 Å². The molecule has 1 aromatic heterocycles. The molecule has 0 aliphatic heterocycles. The molecule has 0 bridgehead atoms. The van der Waals surface area contributed by atoms with Crippen molar-refractivity contribution in [3.63, 3.8) is 0 Å². The summed E-state index contributed by atoms with van der Waals surface area (Å²) in [5.74, 6) is 0.426. The molecule has 0 saturated heterocycles. The number of ether oxygens (including phenoxy) is 2. The van der Waals surface area contributed by atoms with E-state index in [2.05, 4.69) is 16.0 Å². The molecule has 2 amide bonds. The summed E-state index contributed by atoms with van der Waals surface area (Å²) in [6.45, 7) is 1.81. The summed E-state index contributed by atoms with van der Waals surface area (Å²) in [7, 11) is 3.07.